The number of likely N-dealkylation sites (tertiary alicyclic amines) is 1. The Kier molecular flexibility index (Phi) is 10.6. The number of nitrogens with zero attached hydrogens (tertiary/aromatic N) is 2. The first-order valence-electron chi connectivity index (χ1n) is 17.0. The molecule has 3 fully saturated rings. The highest BCUT2D eigenvalue weighted by Gasteiger charge is 2.63. The van der Waals surface area contributed by atoms with Crippen LogP contribution in [0.25, 0.3) is 0 Å². The van der Waals surface area contributed by atoms with Gasteiger partial charge in [0, 0.05) is 32.0 Å². The van der Waals surface area contributed by atoms with Gasteiger partial charge in [0.15, 0.2) is 0 Å². The maximum Gasteiger partial charge on any atom is 0.408 e. The average molecular weight is 652 g/mol. The average Bonchev–Trinajstić information content (AvgIpc) is 3.32. The summed E-state index contributed by atoms with van der Waals surface area (Å²) in [4.78, 5) is 71.1. The smallest absolute Gasteiger partial charge is 0.408 e. The Bertz CT molecular complexity index is 1360. The molecule has 4 N–H and O–H groups in total. The molecule has 0 bridgehead atoms. The van der Waals surface area contributed by atoms with Gasteiger partial charge in [-0.2, -0.15) is 0 Å². The zero-order chi connectivity index (χ0) is 33.8. The van der Waals surface area contributed by atoms with E-state index in [4.69, 9.17) is 4.74 Å². The van der Waals surface area contributed by atoms with Crippen LogP contribution in [0, 0.1) is 5.92 Å². The van der Waals surface area contributed by atoms with Crippen molar-refractivity contribution in [2.45, 2.75) is 120 Å². The highest BCUT2D eigenvalue weighted by atomic mass is 16.6. The summed E-state index contributed by atoms with van der Waals surface area (Å²) in [5.74, 6) is -1.79. The van der Waals surface area contributed by atoms with Gasteiger partial charge in [0.2, 0.25) is 23.6 Å². The fourth-order valence-corrected chi connectivity index (χ4v) is 6.97. The molecule has 0 radical (unpaired) electrons. The topological polar surface area (TPSA) is 157 Å². The van der Waals surface area contributed by atoms with Crippen molar-refractivity contribution in [1.29, 1.82) is 0 Å². The number of nitrogens with one attached hydrogen (secondary N) is 3. The zero-order valence-electron chi connectivity index (χ0n) is 27.7. The SMILES string of the molecule is CC(C)(C)OC(=O)N[C@H]1CCCCC/C=C\[C@@H]2C[C@@]2(C(=O)N2CCC[C@H]2C(=O)NCc2ccccc2)NC(=O)[C@@H]2C[C@@H](O)CN2C1=O. The van der Waals surface area contributed by atoms with E-state index in [0.717, 1.165) is 24.8 Å². The van der Waals surface area contributed by atoms with Crippen LogP contribution >= 0.6 is 0 Å². The number of allylic oxidation sites excluding steroid dienone is 1. The molecule has 4 aliphatic rings. The highest BCUT2D eigenvalue weighted by molar-refractivity contribution is 6.00. The molecule has 5 amide bonds. The Balaban J connectivity index is 1.34. The van der Waals surface area contributed by atoms with Gasteiger partial charge in [-0.3, -0.25) is 19.2 Å². The van der Waals surface area contributed by atoms with Crippen LogP contribution in [0.4, 0.5) is 4.79 Å². The number of alkyl carbamates (subject to hydrolysis) is 1. The predicted molar refractivity (Wildman–Crippen MR) is 174 cm³/mol. The number of ether oxygens (including phenoxy) is 1. The third-order valence-electron chi connectivity index (χ3n) is 9.45. The van der Waals surface area contributed by atoms with Crippen LogP contribution < -0.4 is 16.0 Å². The van der Waals surface area contributed by atoms with Crippen LogP contribution in [-0.4, -0.2) is 93.1 Å². The summed E-state index contributed by atoms with van der Waals surface area (Å²) >= 11 is 0. The number of rotatable bonds is 5. The summed E-state index contributed by atoms with van der Waals surface area (Å²) in [6, 6.07) is 6.96. The molecule has 1 aromatic rings. The van der Waals surface area contributed by atoms with Crippen LogP contribution in [0.5, 0.6) is 0 Å². The molecule has 0 aromatic heterocycles. The first kappa shape index (κ1) is 34.4. The number of aliphatic hydroxyl groups is 1. The minimum Gasteiger partial charge on any atom is -0.444 e. The summed E-state index contributed by atoms with van der Waals surface area (Å²) < 4.78 is 5.41. The number of hydrogen-bond acceptors (Lipinski definition) is 7. The van der Waals surface area contributed by atoms with Gasteiger partial charge in [0.1, 0.15) is 29.3 Å². The molecular weight excluding hydrogens is 602 g/mol. The molecule has 256 valence electrons. The molecule has 0 unspecified atom stereocenters. The maximum atomic E-state index is 14.3. The summed E-state index contributed by atoms with van der Waals surface area (Å²) in [5, 5.41) is 19.3. The standard InChI is InChI=1S/C35H49N5O7/c1-34(2,3)47-33(46)37-26-16-11-6-4-5-10-15-24-20-35(24,38-30(43)28-19-25(41)22-40(28)31(26)44)32(45)39-18-12-17-27(39)29(42)36-21-23-13-8-7-9-14-23/h7-10,13-15,24-28,41H,4-6,11-12,16-22H2,1-3H3,(H,36,42)(H,37,46)(H,38,43)/b15-10-/t24-,25-,26+,27+,28+,35-/m1/s1. The molecule has 3 aliphatic heterocycles. The monoisotopic (exact) mass is 651 g/mol. The lowest BCUT2D eigenvalue weighted by Crippen LogP contribution is -2.59. The largest absolute Gasteiger partial charge is 0.444 e. The van der Waals surface area contributed by atoms with Crippen molar-refractivity contribution in [2.75, 3.05) is 13.1 Å². The van der Waals surface area contributed by atoms with E-state index in [1.54, 1.807) is 25.7 Å². The Morgan fingerprint density at radius 3 is 2.57 bits per heavy atom. The van der Waals surface area contributed by atoms with E-state index in [9.17, 15) is 29.1 Å². The minimum absolute atomic E-state index is 0.00966. The van der Waals surface area contributed by atoms with Gasteiger partial charge in [0.25, 0.3) is 0 Å². The lowest BCUT2D eigenvalue weighted by molar-refractivity contribution is -0.145. The predicted octanol–water partition coefficient (Wildman–Crippen LogP) is 2.54. The second kappa shape index (κ2) is 14.5. The van der Waals surface area contributed by atoms with Gasteiger partial charge < -0.3 is 35.6 Å². The molecule has 47 heavy (non-hydrogen) atoms. The molecule has 2 saturated heterocycles. The number of carbonyl (C=O) groups is 5. The minimum atomic E-state index is -1.24. The first-order valence-corrected chi connectivity index (χ1v) is 17.0. The summed E-state index contributed by atoms with van der Waals surface area (Å²) in [7, 11) is 0. The molecule has 5 rings (SSSR count). The van der Waals surface area contributed by atoms with Crippen molar-refractivity contribution in [2.24, 2.45) is 5.92 Å². The molecule has 1 aromatic carbocycles. The van der Waals surface area contributed by atoms with Crippen LogP contribution in [0.2, 0.25) is 0 Å². The fraction of sp³-hybridized carbons (Fsp3) is 0.629. The zero-order valence-corrected chi connectivity index (χ0v) is 27.7. The lowest BCUT2D eigenvalue weighted by atomic mass is 10.0. The van der Waals surface area contributed by atoms with Crippen LogP contribution in [0.15, 0.2) is 42.5 Å². The second-order valence-electron chi connectivity index (χ2n) is 14.3. The van der Waals surface area contributed by atoms with Crippen LogP contribution in [0.1, 0.15) is 84.1 Å². The molecule has 6 atom stereocenters. The molecule has 12 heteroatoms. The van der Waals surface area contributed by atoms with Crippen molar-refractivity contribution < 1.29 is 33.8 Å². The van der Waals surface area contributed by atoms with Gasteiger partial charge in [-0.25, -0.2) is 4.79 Å². The second-order valence-corrected chi connectivity index (χ2v) is 14.3. The number of aliphatic hydroxyl groups excluding tert-OH is 1. The quantitative estimate of drug-likeness (QED) is 0.357. The first-order chi connectivity index (χ1) is 22.4. The van der Waals surface area contributed by atoms with E-state index < -0.39 is 53.3 Å². The molecule has 0 spiro atoms. The summed E-state index contributed by atoms with van der Waals surface area (Å²) in [5.41, 5.74) is -1.05. The van der Waals surface area contributed by atoms with E-state index >= 15 is 0 Å². The van der Waals surface area contributed by atoms with E-state index in [2.05, 4.69) is 16.0 Å². The number of fused-ring (bicyclic) bond motifs is 2. The number of hydrogen-bond donors (Lipinski definition) is 4. The highest BCUT2D eigenvalue weighted by Crippen LogP contribution is 2.47. The van der Waals surface area contributed by atoms with Gasteiger partial charge in [0.05, 0.1) is 6.10 Å². The van der Waals surface area contributed by atoms with Gasteiger partial charge in [-0.1, -0.05) is 55.3 Å². The number of carbonyl (C=O) groups excluding carboxylic acids is 5. The van der Waals surface area contributed by atoms with Gasteiger partial charge >= 0.3 is 6.09 Å². The summed E-state index contributed by atoms with van der Waals surface area (Å²) in [6.45, 7) is 5.89. The van der Waals surface area contributed by atoms with Crippen molar-refractivity contribution >= 4 is 29.7 Å². The lowest BCUT2D eigenvalue weighted by Gasteiger charge is -2.32. The Morgan fingerprint density at radius 1 is 1.06 bits per heavy atom. The number of amides is 5. The van der Waals surface area contributed by atoms with E-state index in [1.165, 1.54) is 4.90 Å². The Morgan fingerprint density at radius 2 is 1.83 bits per heavy atom. The van der Waals surface area contributed by atoms with E-state index in [1.807, 2.05) is 42.5 Å². The molecule has 3 heterocycles. The van der Waals surface area contributed by atoms with Crippen molar-refractivity contribution in [3.05, 3.63) is 48.0 Å². The molecule has 12 nitrogen and oxygen atoms in total. The third kappa shape index (κ3) is 8.33. The van der Waals surface area contributed by atoms with Crippen molar-refractivity contribution in [3.63, 3.8) is 0 Å². The molecular formula is C35H49N5O7. The van der Waals surface area contributed by atoms with Crippen LogP contribution in [0.3, 0.4) is 0 Å². The fourth-order valence-electron chi connectivity index (χ4n) is 6.97. The van der Waals surface area contributed by atoms with E-state index in [-0.39, 0.29) is 30.7 Å². The molecule has 1 saturated carbocycles. The Hall–Kier alpha value is -3.93. The maximum absolute atomic E-state index is 14.3. The normalized spacial score (nSPS) is 30.6. The van der Waals surface area contributed by atoms with Gasteiger partial charge in [-0.15, -0.1) is 0 Å². The summed E-state index contributed by atoms with van der Waals surface area (Å²) in [6.07, 6.45) is 7.41. The van der Waals surface area contributed by atoms with Crippen molar-refractivity contribution in [1.82, 2.24) is 25.8 Å². The van der Waals surface area contributed by atoms with Crippen LogP contribution in [-0.2, 0) is 30.5 Å². The van der Waals surface area contributed by atoms with Crippen molar-refractivity contribution in [3.8, 4) is 0 Å². The third-order valence-corrected chi connectivity index (χ3v) is 9.45. The van der Waals surface area contributed by atoms with Gasteiger partial charge in [-0.05, 0) is 64.9 Å². The number of benzene rings is 1. The van der Waals surface area contributed by atoms with E-state index in [0.29, 0.717) is 45.2 Å². The Labute approximate surface area is 276 Å². The molecule has 1 aliphatic carbocycles.